The number of ether oxygens (including phenoxy) is 2. The van der Waals surface area contributed by atoms with Crippen molar-refractivity contribution in [3.05, 3.63) is 22.7 Å². The minimum absolute atomic E-state index is 0.00818. The number of nitriles is 1. The van der Waals surface area contributed by atoms with Crippen molar-refractivity contribution in [3.63, 3.8) is 0 Å². The van der Waals surface area contributed by atoms with Crippen molar-refractivity contribution in [3.8, 4) is 17.6 Å². The fraction of sp³-hybridized carbons (Fsp3) is 0.500. The molecule has 1 aliphatic carbocycles. The van der Waals surface area contributed by atoms with Gasteiger partial charge in [0.15, 0.2) is 11.5 Å². The summed E-state index contributed by atoms with van der Waals surface area (Å²) in [5.74, 6) is 1.48. The summed E-state index contributed by atoms with van der Waals surface area (Å²) in [5, 5.41) is 9.28. The molecule has 0 saturated heterocycles. The van der Waals surface area contributed by atoms with E-state index in [4.69, 9.17) is 37.9 Å². The van der Waals surface area contributed by atoms with Gasteiger partial charge in [0.25, 0.3) is 0 Å². The number of benzene rings is 1. The van der Waals surface area contributed by atoms with Gasteiger partial charge in [-0.2, -0.15) is 5.26 Å². The minimum Gasteiger partial charge on any atom is -0.493 e. The Hall–Kier alpha value is -1.11. The lowest BCUT2D eigenvalue weighted by molar-refractivity contribution is 0.227. The first-order valence-corrected chi connectivity index (χ1v) is 6.97. The van der Waals surface area contributed by atoms with Crippen LogP contribution in [0.5, 0.6) is 11.5 Å². The Bertz CT molecular complexity index is 507. The summed E-state index contributed by atoms with van der Waals surface area (Å²) < 4.78 is 11.1. The van der Waals surface area contributed by atoms with Crippen molar-refractivity contribution >= 4 is 23.2 Å². The third-order valence-electron chi connectivity index (χ3n) is 3.38. The molecule has 0 N–H and O–H groups in total. The van der Waals surface area contributed by atoms with E-state index < -0.39 is 0 Å². The van der Waals surface area contributed by atoms with E-state index in [0.717, 1.165) is 18.4 Å². The summed E-state index contributed by atoms with van der Waals surface area (Å²) in [4.78, 5) is 0. The minimum atomic E-state index is 0.00818. The number of methoxy groups -OCH3 is 1. The maximum Gasteiger partial charge on any atom is 0.179 e. The van der Waals surface area contributed by atoms with Crippen molar-refractivity contribution in [1.29, 1.82) is 5.26 Å². The highest BCUT2D eigenvalue weighted by molar-refractivity contribution is 6.32. The lowest BCUT2D eigenvalue weighted by atomic mass is 10.1. The zero-order chi connectivity index (χ0) is 13.9. The predicted octanol–water partition coefficient (Wildman–Crippen LogP) is 4.16. The highest BCUT2D eigenvalue weighted by atomic mass is 35.5. The molecule has 102 valence electrons. The normalized spacial score (nSPS) is 15.7. The Balaban J connectivity index is 2.14. The van der Waals surface area contributed by atoms with Crippen LogP contribution >= 0.6 is 23.2 Å². The third-order valence-corrected chi connectivity index (χ3v) is 3.97. The molecule has 0 amide bonds. The van der Waals surface area contributed by atoms with Gasteiger partial charge < -0.3 is 9.47 Å². The smallest absolute Gasteiger partial charge is 0.179 e. The number of nitrogens with zero attached hydrogens (tertiary/aromatic N) is 1. The molecule has 2 rings (SSSR count). The van der Waals surface area contributed by atoms with Crippen molar-refractivity contribution in [2.45, 2.75) is 25.1 Å². The Kier molecular flexibility index (Phi) is 4.44. The monoisotopic (exact) mass is 299 g/mol. The van der Waals surface area contributed by atoms with Crippen LogP contribution in [0, 0.1) is 16.7 Å². The summed E-state index contributed by atoms with van der Waals surface area (Å²) in [6.45, 7) is 0.497. The van der Waals surface area contributed by atoms with E-state index in [0.29, 0.717) is 35.4 Å². The summed E-state index contributed by atoms with van der Waals surface area (Å²) in [7, 11) is 1.57. The van der Waals surface area contributed by atoms with Gasteiger partial charge in [-0.05, 0) is 30.5 Å². The second-order valence-corrected chi connectivity index (χ2v) is 5.54. The summed E-state index contributed by atoms with van der Waals surface area (Å²) in [6.07, 6.45) is 2.58. The second kappa shape index (κ2) is 5.90. The van der Waals surface area contributed by atoms with Crippen molar-refractivity contribution in [2.75, 3.05) is 13.7 Å². The van der Waals surface area contributed by atoms with Crippen LogP contribution in [0.4, 0.5) is 0 Å². The largest absolute Gasteiger partial charge is 0.493 e. The number of halogens is 2. The topological polar surface area (TPSA) is 42.2 Å². The molecule has 0 unspecified atom stereocenters. The van der Waals surface area contributed by atoms with E-state index in [9.17, 15) is 0 Å². The first-order chi connectivity index (χ1) is 9.14. The quantitative estimate of drug-likeness (QED) is 0.741. The average molecular weight is 300 g/mol. The molecular weight excluding hydrogens is 285 g/mol. The fourth-order valence-corrected chi connectivity index (χ4v) is 2.37. The highest BCUT2D eigenvalue weighted by Gasteiger charge is 2.43. The second-order valence-electron chi connectivity index (χ2n) is 4.87. The Morgan fingerprint density at radius 1 is 1.42 bits per heavy atom. The molecule has 0 spiro atoms. The number of rotatable bonds is 6. The van der Waals surface area contributed by atoms with E-state index in [2.05, 4.69) is 6.07 Å². The molecule has 0 aliphatic heterocycles. The Morgan fingerprint density at radius 2 is 2.16 bits per heavy atom. The molecule has 1 aromatic carbocycles. The number of alkyl halides is 1. The molecule has 0 bridgehead atoms. The van der Waals surface area contributed by atoms with Gasteiger partial charge in [0.1, 0.15) is 0 Å². The van der Waals surface area contributed by atoms with Crippen LogP contribution in [-0.4, -0.2) is 13.7 Å². The Labute approximate surface area is 123 Å². The molecule has 0 atom stereocenters. The summed E-state index contributed by atoms with van der Waals surface area (Å²) >= 11 is 12.0. The first kappa shape index (κ1) is 14.3. The lowest BCUT2D eigenvalue weighted by Gasteiger charge is -2.17. The lowest BCUT2D eigenvalue weighted by Crippen LogP contribution is -2.13. The van der Waals surface area contributed by atoms with Crippen LogP contribution in [0.3, 0.4) is 0 Å². The first-order valence-electron chi connectivity index (χ1n) is 6.06. The molecule has 1 fully saturated rings. The molecule has 19 heavy (non-hydrogen) atoms. The van der Waals surface area contributed by atoms with E-state index in [1.54, 1.807) is 13.2 Å². The Morgan fingerprint density at radius 3 is 2.68 bits per heavy atom. The molecule has 0 aromatic heterocycles. The molecule has 5 heteroatoms. The standard InChI is InChI=1S/C14H15Cl2NO2/c1-18-12-7-10(8-15)6-11(16)13(12)19-9-14(2-3-14)4-5-17/h6-7H,2-4,8-9H2,1H3. The van der Waals surface area contributed by atoms with Crippen molar-refractivity contribution < 1.29 is 9.47 Å². The van der Waals surface area contributed by atoms with Gasteiger partial charge in [0.05, 0.1) is 24.8 Å². The van der Waals surface area contributed by atoms with Crippen LogP contribution in [0.15, 0.2) is 12.1 Å². The molecule has 1 aromatic rings. The zero-order valence-electron chi connectivity index (χ0n) is 10.7. The average Bonchev–Trinajstić information content (AvgIpc) is 3.17. The molecule has 3 nitrogen and oxygen atoms in total. The molecule has 0 heterocycles. The van der Waals surface area contributed by atoms with Crippen molar-refractivity contribution in [2.24, 2.45) is 5.41 Å². The van der Waals surface area contributed by atoms with Gasteiger partial charge in [-0.25, -0.2) is 0 Å². The zero-order valence-corrected chi connectivity index (χ0v) is 12.2. The van der Waals surface area contributed by atoms with E-state index in [-0.39, 0.29) is 5.41 Å². The van der Waals surface area contributed by atoms with Gasteiger partial charge in [-0.3, -0.25) is 0 Å². The van der Waals surface area contributed by atoms with E-state index >= 15 is 0 Å². The molecule has 0 radical (unpaired) electrons. The SMILES string of the molecule is COc1cc(CCl)cc(Cl)c1OCC1(CC#N)CC1. The van der Waals surface area contributed by atoms with Gasteiger partial charge in [-0.1, -0.05) is 11.6 Å². The van der Waals surface area contributed by atoms with Gasteiger partial charge in [0, 0.05) is 17.7 Å². The van der Waals surface area contributed by atoms with Crippen LogP contribution in [-0.2, 0) is 5.88 Å². The van der Waals surface area contributed by atoms with E-state index in [1.165, 1.54) is 0 Å². The van der Waals surface area contributed by atoms with Crippen LogP contribution < -0.4 is 9.47 Å². The summed E-state index contributed by atoms with van der Waals surface area (Å²) in [6, 6.07) is 5.80. The van der Waals surface area contributed by atoms with Crippen LogP contribution in [0.2, 0.25) is 5.02 Å². The van der Waals surface area contributed by atoms with Gasteiger partial charge >= 0.3 is 0 Å². The van der Waals surface area contributed by atoms with E-state index in [1.807, 2.05) is 6.07 Å². The predicted molar refractivity (Wildman–Crippen MR) is 75.0 cm³/mol. The fourth-order valence-electron chi connectivity index (χ4n) is 1.93. The third kappa shape index (κ3) is 3.26. The van der Waals surface area contributed by atoms with Crippen molar-refractivity contribution in [1.82, 2.24) is 0 Å². The highest BCUT2D eigenvalue weighted by Crippen LogP contribution is 2.49. The van der Waals surface area contributed by atoms with Crippen LogP contribution in [0.25, 0.3) is 0 Å². The summed E-state index contributed by atoms with van der Waals surface area (Å²) in [5.41, 5.74) is 0.892. The van der Waals surface area contributed by atoms with Crippen LogP contribution in [0.1, 0.15) is 24.8 Å². The van der Waals surface area contributed by atoms with Gasteiger partial charge in [0.2, 0.25) is 0 Å². The number of hydrogen-bond donors (Lipinski definition) is 0. The van der Waals surface area contributed by atoms with Gasteiger partial charge in [-0.15, -0.1) is 11.6 Å². The molecule has 1 aliphatic rings. The maximum atomic E-state index is 8.79. The molecule has 1 saturated carbocycles. The maximum absolute atomic E-state index is 8.79. The number of hydrogen-bond acceptors (Lipinski definition) is 3. The molecular formula is C14H15Cl2NO2.